The van der Waals surface area contributed by atoms with Gasteiger partial charge in [-0.05, 0) is 99.1 Å². The number of amides is 1. The Bertz CT molecular complexity index is 1930. The Hall–Kier alpha value is -4.02. The monoisotopic (exact) mass is 634 g/mol. The van der Waals surface area contributed by atoms with Gasteiger partial charge in [-0.15, -0.1) is 0 Å². The maximum absolute atomic E-state index is 14.0. The molecule has 3 fully saturated rings. The van der Waals surface area contributed by atoms with Crippen LogP contribution in [0.25, 0.3) is 32.9 Å². The molecule has 244 valence electrons. The average Bonchev–Trinajstić information content (AvgIpc) is 3.37. The number of carbonyl (C=O) groups excluding carboxylic acids is 1. The number of ether oxygens (including phenoxy) is 2. The van der Waals surface area contributed by atoms with Crippen LogP contribution < -0.4 is 15.5 Å². The fourth-order valence-corrected chi connectivity index (χ4v) is 7.53. The van der Waals surface area contributed by atoms with Crippen LogP contribution in [0.4, 0.5) is 0 Å². The quantitative estimate of drug-likeness (QED) is 0.191. The Balaban J connectivity index is 1.11. The topological polar surface area (TPSA) is 97.9 Å². The lowest BCUT2D eigenvalue weighted by atomic mass is 9.77. The molecule has 8 rings (SSSR count). The molecule has 4 atom stereocenters. The van der Waals surface area contributed by atoms with Gasteiger partial charge in [0.15, 0.2) is 5.88 Å². The summed E-state index contributed by atoms with van der Waals surface area (Å²) in [7, 11) is 1.14. The van der Waals surface area contributed by atoms with E-state index >= 15 is 0 Å². The number of imidazole rings is 1. The number of likely N-dealkylation sites (tertiary alicyclic amines) is 1. The molecule has 3 aliphatic heterocycles. The van der Waals surface area contributed by atoms with Crippen molar-refractivity contribution in [3.63, 3.8) is 0 Å². The van der Waals surface area contributed by atoms with Gasteiger partial charge in [0.25, 0.3) is 0 Å². The van der Waals surface area contributed by atoms with Crippen molar-refractivity contribution in [3.8, 4) is 16.9 Å². The minimum absolute atomic E-state index is 0.0686. The predicted octanol–water partition coefficient (Wildman–Crippen LogP) is 5.97. The molecule has 9 nitrogen and oxygen atoms in total. The number of piperidine rings is 1. The number of carbonyl (C=O) groups is 1. The molecule has 2 N–H and O–H groups in total. The number of benzene rings is 3. The lowest BCUT2D eigenvalue weighted by Crippen LogP contribution is -2.50. The van der Waals surface area contributed by atoms with Crippen molar-refractivity contribution in [1.82, 2.24) is 20.2 Å². The van der Waals surface area contributed by atoms with Crippen LogP contribution in [-0.2, 0) is 25.4 Å². The van der Waals surface area contributed by atoms with E-state index in [9.17, 15) is 4.79 Å². The molecule has 1 unspecified atom stereocenters. The minimum atomic E-state index is -0.422. The van der Waals surface area contributed by atoms with E-state index in [0.717, 1.165) is 68.4 Å². The lowest BCUT2D eigenvalue weighted by molar-refractivity contribution is -0.137. The maximum atomic E-state index is 14.0. The van der Waals surface area contributed by atoms with Crippen molar-refractivity contribution < 1.29 is 23.6 Å². The minimum Gasteiger partial charge on any atom is -0.488 e. The highest BCUT2D eigenvalue weighted by Crippen LogP contribution is 2.54. The number of hydrogen-bond acceptors (Lipinski definition) is 7. The second kappa shape index (κ2) is 10.5. The third kappa shape index (κ3) is 4.82. The molecule has 4 heterocycles. The third-order valence-corrected chi connectivity index (χ3v) is 11.1. The molecule has 4 aromatic rings. The third-order valence-electron chi connectivity index (χ3n) is 11.1. The average molecular weight is 635 g/mol. The molecule has 0 bridgehead atoms. The summed E-state index contributed by atoms with van der Waals surface area (Å²) < 4.78 is 24.3. The number of methoxy groups -OCH3 is 1. The van der Waals surface area contributed by atoms with E-state index < -0.39 is 24.4 Å². The Labute approximate surface area is 276 Å². The van der Waals surface area contributed by atoms with Crippen molar-refractivity contribution in [2.75, 3.05) is 7.11 Å². The summed E-state index contributed by atoms with van der Waals surface area (Å²) in [5.41, 5.74) is 5.38. The normalized spacial score (nSPS) is 24.1. The summed E-state index contributed by atoms with van der Waals surface area (Å²) in [6.07, 6.45) is 1.96. The summed E-state index contributed by atoms with van der Waals surface area (Å²) in [5.74, 6) is 2.72. The largest absolute Gasteiger partial charge is 0.494 e. The second-order valence-corrected chi connectivity index (χ2v) is 15.0. The van der Waals surface area contributed by atoms with Gasteiger partial charge >= 0.3 is 7.12 Å². The first-order valence-electron chi connectivity index (χ1n) is 16.7. The number of hydrogen-bond donors (Lipinski definition) is 2. The van der Waals surface area contributed by atoms with Crippen molar-refractivity contribution in [2.45, 2.75) is 90.3 Å². The van der Waals surface area contributed by atoms with E-state index in [2.05, 4.69) is 91.9 Å². The molecule has 1 aromatic heterocycles. The van der Waals surface area contributed by atoms with E-state index in [1.165, 1.54) is 0 Å². The van der Waals surface area contributed by atoms with Gasteiger partial charge in [0.05, 0.1) is 35.4 Å². The van der Waals surface area contributed by atoms with Gasteiger partial charge in [0, 0.05) is 17.0 Å². The van der Waals surface area contributed by atoms with Gasteiger partial charge in [-0.25, -0.2) is 4.98 Å². The summed E-state index contributed by atoms with van der Waals surface area (Å²) in [5, 5.41) is 5.32. The fourth-order valence-electron chi connectivity index (χ4n) is 7.53. The van der Waals surface area contributed by atoms with Crippen LogP contribution in [0.15, 0.2) is 54.9 Å². The molecule has 0 spiro atoms. The molecule has 4 aliphatic rings. The summed E-state index contributed by atoms with van der Waals surface area (Å²) >= 11 is 0. The van der Waals surface area contributed by atoms with Crippen molar-refractivity contribution in [3.05, 3.63) is 66.3 Å². The zero-order valence-corrected chi connectivity index (χ0v) is 28.3. The van der Waals surface area contributed by atoms with E-state index in [4.69, 9.17) is 23.8 Å². The molecule has 10 heteroatoms. The zero-order valence-electron chi connectivity index (χ0n) is 28.3. The molecular weight excluding hydrogens is 591 g/mol. The van der Waals surface area contributed by atoms with Crippen LogP contribution in [0.2, 0.25) is 0 Å². The number of nitrogens with one attached hydrogen (secondary N) is 2. The number of H-pyrrole nitrogens is 1. The first-order chi connectivity index (χ1) is 22.3. The number of nitrogens with zero attached hydrogens (tertiary/aromatic N) is 2. The highest BCUT2D eigenvalue weighted by molar-refractivity contribution is 6.62. The zero-order chi connectivity index (χ0) is 33.0. The van der Waals surface area contributed by atoms with Gasteiger partial charge in [-0.3, -0.25) is 4.79 Å². The highest BCUT2D eigenvalue weighted by atomic mass is 16.7. The predicted molar refractivity (Wildman–Crippen MR) is 183 cm³/mol. The van der Waals surface area contributed by atoms with Crippen molar-refractivity contribution >= 4 is 40.3 Å². The lowest BCUT2D eigenvalue weighted by Gasteiger charge is -2.32. The van der Waals surface area contributed by atoms with Gasteiger partial charge in [0.2, 0.25) is 5.91 Å². The molecule has 3 aromatic carbocycles. The Morgan fingerprint density at radius 3 is 2.57 bits per heavy atom. The van der Waals surface area contributed by atoms with E-state index in [-0.39, 0.29) is 23.9 Å². The smallest absolute Gasteiger partial charge is 0.488 e. The van der Waals surface area contributed by atoms with Crippen LogP contribution in [0.3, 0.4) is 0 Å². The van der Waals surface area contributed by atoms with Crippen molar-refractivity contribution in [2.24, 2.45) is 11.8 Å². The standard InChI is InChI=1S/C37H43BN4O5/c1-19(2)32(39-20(3)44-8)35(43)42-29-15-22(29)16-30(42)34-40-28-12-9-21-14-27-25-11-10-24(38-46-36(4,5)37(6,7)47-38)13-23(25)18-45-31(27)17-26(21)33(28)41-34/h9-14,17,19,22,29-30,32,39H,3,15-16,18H2,1-2,4-8H3,(H,40,41)/t22-,29?,30-,32-/m0/s1. The first-order valence-corrected chi connectivity index (χ1v) is 16.7. The summed E-state index contributed by atoms with van der Waals surface area (Å²) in [6, 6.07) is 14.7. The van der Waals surface area contributed by atoms with Gasteiger partial charge in [-0.2, -0.15) is 0 Å². The number of fused-ring (bicyclic) bond motifs is 7. The molecular formula is C37H43BN4O5. The summed E-state index contributed by atoms with van der Waals surface area (Å²) in [4.78, 5) is 24.8. The SMILES string of the molecule is C=C(N[C@H](C(=O)N1C2C[C@H]2C[C@H]1c1nc2c(ccc3cc4c(cc32)OCc2cc(B3OC(C)(C)C(C)(C)O3)ccc2-4)[nH]1)C(C)C)OC. The van der Waals surface area contributed by atoms with Crippen LogP contribution in [0.1, 0.15) is 71.8 Å². The van der Waals surface area contributed by atoms with E-state index in [1.54, 1.807) is 7.11 Å². The molecule has 1 amide bonds. The van der Waals surface area contributed by atoms with Gasteiger partial charge < -0.3 is 34.0 Å². The second-order valence-electron chi connectivity index (χ2n) is 15.0. The molecule has 2 saturated heterocycles. The Kier molecular flexibility index (Phi) is 6.77. The number of rotatable bonds is 7. The fraction of sp³-hybridized carbons (Fsp3) is 0.459. The number of aromatic amines is 1. The van der Waals surface area contributed by atoms with E-state index in [0.29, 0.717) is 18.4 Å². The first kappa shape index (κ1) is 30.3. The maximum Gasteiger partial charge on any atom is 0.494 e. The Morgan fingerprint density at radius 2 is 1.85 bits per heavy atom. The van der Waals surface area contributed by atoms with Crippen LogP contribution in [0, 0.1) is 11.8 Å². The molecule has 0 radical (unpaired) electrons. The summed E-state index contributed by atoms with van der Waals surface area (Å²) in [6.45, 7) is 16.7. The van der Waals surface area contributed by atoms with Crippen LogP contribution in [-0.4, -0.2) is 58.3 Å². The van der Waals surface area contributed by atoms with Crippen LogP contribution >= 0.6 is 0 Å². The molecule has 47 heavy (non-hydrogen) atoms. The Morgan fingerprint density at radius 1 is 1.09 bits per heavy atom. The van der Waals surface area contributed by atoms with E-state index in [1.807, 2.05) is 13.8 Å². The number of aromatic nitrogens is 2. The molecule has 1 saturated carbocycles. The highest BCUT2D eigenvalue weighted by Gasteiger charge is 2.56. The van der Waals surface area contributed by atoms with Crippen LogP contribution in [0.5, 0.6) is 5.75 Å². The van der Waals surface area contributed by atoms with Gasteiger partial charge in [0.1, 0.15) is 24.2 Å². The molecule has 1 aliphatic carbocycles. The van der Waals surface area contributed by atoms with Crippen molar-refractivity contribution in [1.29, 1.82) is 0 Å². The van der Waals surface area contributed by atoms with Gasteiger partial charge in [-0.1, -0.05) is 38.1 Å².